The quantitative estimate of drug-likeness (QED) is 0.619. The smallest absolute Gasteiger partial charge is 0.282 e. The molecule has 154 valence electrons. The molecule has 1 amide bonds. The van der Waals surface area contributed by atoms with Gasteiger partial charge in [-0.25, -0.2) is 8.78 Å². The highest BCUT2D eigenvalue weighted by Gasteiger charge is 2.23. The molecule has 0 aliphatic carbocycles. The van der Waals surface area contributed by atoms with E-state index in [4.69, 9.17) is 11.6 Å². The van der Waals surface area contributed by atoms with Crippen LogP contribution in [0.2, 0.25) is 5.02 Å². The fourth-order valence-corrected chi connectivity index (χ4v) is 3.27. The zero-order valence-electron chi connectivity index (χ0n) is 16.6. The average molecular weight is 422 g/mol. The van der Waals surface area contributed by atoms with Gasteiger partial charge in [0.05, 0.1) is 23.6 Å². The lowest BCUT2D eigenvalue weighted by Crippen LogP contribution is -2.25. The van der Waals surface area contributed by atoms with Gasteiger partial charge < -0.3 is 5.32 Å². The minimum Gasteiger partial charge on any atom is -0.321 e. The van der Waals surface area contributed by atoms with Gasteiger partial charge in [-0.1, -0.05) is 23.7 Å². The maximum absolute atomic E-state index is 12.9. The van der Waals surface area contributed by atoms with Crippen molar-refractivity contribution in [2.75, 3.05) is 5.32 Å². The number of nitrogens with zero attached hydrogens (tertiary/aromatic N) is 4. The van der Waals surface area contributed by atoms with Crippen molar-refractivity contribution in [3.05, 3.63) is 63.7 Å². The highest BCUT2D eigenvalue weighted by atomic mass is 35.5. The van der Waals surface area contributed by atoms with Crippen LogP contribution in [0.3, 0.4) is 0 Å². The Morgan fingerprint density at radius 3 is 2.41 bits per heavy atom. The van der Waals surface area contributed by atoms with Gasteiger partial charge in [0, 0.05) is 10.7 Å². The van der Waals surface area contributed by atoms with Crippen LogP contribution < -0.4 is 5.32 Å². The van der Waals surface area contributed by atoms with Crippen molar-refractivity contribution in [1.29, 1.82) is 0 Å². The molecule has 6 nitrogen and oxygen atoms in total. The lowest BCUT2D eigenvalue weighted by molar-refractivity contribution is -0.119. The van der Waals surface area contributed by atoms with Crippen LogP contribution in [-0.4, -0.2) is 25.5 Å². The Bertz CT molecular complexity index is 1030. The monoisotopic (exact) mass is 421 g/mol. The fraction of sp³-hybridized carbons (Fsp3) is 0.350. The van der Waals surface area contributed by atoms with Crippen molar-refractivity contribution in [2.24, 2.45) is 0 Å². The van der Waals surface area contributed by atoms with Crippen LogP contribution in [0.5, 0.6) is 0 Å². The molecule has 0 radical (unpaired) electrons. The molecule has 1 N–H and O–H groups in total. The molecule has 2 aromatic heterocycles. The summed E-state index contributed by atoms with van der Waals surface area (Å²) in [7, 11) is 0. The van der Waals surface area contributed by atoms with Crippen molar-refractivity contribution in [3.63, 3.8) is 0 Å². The van der Waals surface area contributed by atoms with E-state index in [9.17, 15) is 13.6 Å². The number of aromatic nitrogens is 4. The molecule has 3 rings (SSSR count). The van der Waals surface area contributed by atoms with Gasteiger partial charge in [0.25, 0.3) is 6.43 Å². The number of nitrogens with one attached hydrogen (secondary N) is 1. The molecule has 0 aliphatic rings. The van der Waals surface area contributed by atoms with Crippen LogP contribution >= 0.6 is 11.6 Å². The largest absolute Gasteiger partial charge is 0.321 e. The van der Waals surface area contributed by atoms with E-state index in [0.29, 0.717) is 28.6 Å². The van der Waals surface area contributed by atoms with Gasteiger partial charge in [0.2, 0.25) is 5.91 Å². The maximum atomic E-state index is 12.9. The molecule has 0 fully saturated rings. The van der Waals surface area contributed by atoms with Crippen LogP contribution in [-0.2, 0) is 11.3 Å². The standard InChI is InChI=1S/C20H22ClF2N5O/c1-11-9-17(19(22)23)26-28(11)14(4)20(29)24-18-12(2)25-27(13(18)3)10-15-5-7-16(21)8-6-15/h5-9,14,19H,10H2,1-4H3,(H,24,29). The molecule has 3 aromatic rings. The van der Waals surface area contributed by atoms with Crippen molar-refractivity contribution in [2.45, 2.75) is 46.7 Å². The summed E-state index contributed by atoms with van der Waals surface area (Å²) in [5.74, 6) is -0.353. The normalized spacial score (nSPS) is 12.4. The van der Waals surface area contributed by atoms with E-state index in [0.717, 1.165) is 11.3 Å². The van der Waals surface area contributed by atoms with Crippen LogP contribution in [0.4, 0.5) is 14.5 Å². The molecule has 0 aliphatic heterocycles. The number of halogens is 3. The average Bonchev–Trinajstić information content (AvgIpc) is 3.18. The predicted octanol–water partition coefficient (Wildman–Crippen LogP) is 4.84. The molecule has 1 unspecified atom stereocenters. The second-order valence-corrected chi connectivity index (χ2v) is 7.39. The summed E-state index contributed by atoms with van der Waals surface area (Å²) in [5.41, 5.74) is 3.25. The second kappa shape index (κ2) is 8.32. The van der Waals surface area contributed by atoms with Gasteiger partial charge in [0.1, 0.15) is 11.7 Å². The summed E-state index contributed by atoms with van der Waals surface area (Å²) in [6.07, 6.45) is -2.68. The van der Waals surface area contributed by atoms with E-state index in [2.05, 4.69) is 15.5 Å². The molecule has 29 heavy (non-hydrogen) atoms. The molecular formula is C20H22ClF2N5O. The number of amides is 1. The third kappa shape index (κ3) is 4.48. The Balaban J connectivity index is 1.78. The molecule has 0 spiro atoms. The first-order valence-corrected chi connectivity index (χ1v) is 9.48. The Labute approximate surface area is 172 Å². The lowest BCUT2D eigenvalue weighted by atomic mass is 10.2. The second-order valence-electron chi connectivity index (χ2n) is 6.95. The Morgan fingerprint density at radius 2 is 1.83 bits per heavy atom. The van der Waals surface area contributed by atoms with Gasteiger partial charge in [-0.05, 0) is 51.5 Å². The molecule has 0 saturated carbocycles. The van der Waals surface area contributed by atoms with Crippen molar-refractivity contribution >= 4 is 23.2 Å². The van der Waals surface area contributed by atoms with E-state index in [1.807, 2.05) is 31.2 Å². The van der Waals surface area contributed by atoms with E-state index in [1.54, 1.807) is 25.5 Å². The van der Waals surface area contributed by atoms with Crippen molar-refractivity contribution in [3.8, 4) is 0 Å². The van der Waals surface area contributed by atoms with E-state index >= 15 is 0 Å². The minimum atomic E-state index is -2.68. The third-order valence-electron chi connectivity index (χ3n) is 4.79. The number of anilines is 1. The number of benzene rings is 1. The zero-order valence-corrected chi connectivity index (χ0v) is 17.3. The highest BCUT2D eigenvalue weighted by Crippen LogP contribution is 2.24. The summed E-state index contributed by atoms with van der Waals surface area (Å²) < 4.78 is 28.9. The molecule has 1 aromatic carbocycles. The lowest BCUT2D eigenvalue weighted by Gasteiger charge is -2.15. The Morgan fingerprint density at radius 1 is 1.17 bits per heavy atom. The number of aryl methyl sites for hydroxylation is 2. The highest BCUT2D eigenvalue weighted by molar-refractivity contribution is 6.30. The summed E-state index contributed by atoms with van der Waals surface area (Å²) in [6, 6.07) is 8.00. The minimum absolute atomic E-state index is 0.342. The number of rotatable bonds is 6. The van der Waals surface area contributed by atoms with Gasteiger partial charge >= 0.3 is 0 Å². The fourth-order valence-electron chi connectivity index (χ4n) is 3.14. The van der Waals surface area contributed by atoms with Gasteiger partial charge in [-0.3, -0.25) is 14.2 Å². The first-order chi connectivity index (χ1) is 13.7. The van der Waals surface area contributed by atoms with Crippen molar-refractivity contribution in [1.82, 2.24) is 19.6 Å². The van der Waals surface area contributed by atoms with Gasteiger partial charge in [0.15, 0.2) is 0 Å². The molecule has 2 heterocycles. The van der Waals surface area contributed by atoms with Gasteiger partial charge in [-0.2, -0.15) is 10.2 Å². The SMILES string of the molecule is Cc1nn(Cc2ccc(Cl)cc2)c(C)c1NC(=O)C(C)n1nc(C(F)F)cc1C. The summed E-state index contributed by atoms with van der Waals surface area (Å²) in [6.45, 7) is 7.46. The molecule has 0 bridgehead atoms. The predicted molar refractivity (Wildman–Crippen MR) is 108 cm³/mol. The molecule has 1 atom stereocenters. The summed E-state index contributed by atoms with van der Waals surface area (Å²) >= 11 is 5.92. The number of carbonyl (C=O) groups excluding carboxylic acids is 1. The van der Waals surface area contributed by atoms with Crippen molar-refractivity contribution < 1.29 is 13.6 Å². The molecular weight excluding hydrogens is 400 g/mol. The summed E-state index contributed by atoms with van der Waals surface area (Å²) in [5, 5.41) is 11.9. The first-order valence-electron chi connectivity index (χ1n) is 9.11. The maximum Gasteiger partial charge on any atom is 0.282 e. The Kier molecular flexibility index (Phi) is 6.02. The first kappa shape index (κ1) is 21.0. The van der Waals surface area contributed by atoms with Crippen LogP contribution in [0.15, 0.2) is 30.3 Å². The molecule has 9 heteroatoms. The number of alkyl halides is 2. The number of hydrogen-bond donors (Lipinski definition) is 1. The van der Waals surface area contributed by atoms with Gasteiger partial charge in [-0.15, -0.1) is 0 Å². The van der Waals surface area contributed by atoms with Crippen LogP contribution in [0.25, 0.3) is 0 Å². The Hall–Kier alpha value is -2.74. The summed E-state index contributed by atoms with van der Waals surface area (Å²) in [4.78, 5) is 12.7. The molecule has 0 saturated heterocycles. The number of carbonyl (C=O) groups is 1. The number of hydrogen-bond acceptors (Lipinski definition) is 3. The van der Waals surface area contributed by atoms with E-state index in [-0.39, 0.29) is 11.6 Å². The topological polar surface area (TPSA) is 64.7 Å². The third-order valence-corrected chi connectivity index (χ3v) is 5.04. The van der Waals surface area contributed by atoms with Crippen LogP contribution in [0, 0.1) is 20.8 Å². The van der Waals surface area contributed by atoms with E-state index < -0.39 is 12.5 Å². The zero-order chi connectivity index (χ0) is 21.3. The van der Waals surface area contributed by atoms with Crippen LogP contribution in [0.1, 0.15) is 47.7 Å². The van der Waals surface area contributed by atoms with E-state index in [1.165, 1.54) is 10.7 Å².